The standard InChI is InChI=1S/C26H32O3/c1-25-13-12-19-20(22(25)10-11-23(25)27)9-8-18-16-26(28,24(29-2)14-21(18)19)15-17-6-4-3-5-7-17/h3-7,14,16,19-20,22,24,28H,8-13,15H2,1-2H3/t19-,20+,22-,24?,25-,26?/m0/s1. The first-order valence-corrected chi connectivity index (χ1v) is 11.2. The zero-order chi connectivity index (χ0) is 20.2. The maximum Gasteiger partial charge on any atom is 0.139 e. The van der Waals surface area contributed by atoms with Crippen LogP contribution in [-0.4, -0.2) is 29.7 Å². The summed E-state index contributed by atoms with van der Waals surface area (Å²) in [6, 6.07) is 10.2. The summed E-state index contributed by atoms with van der Waals surface area (Å²) in [5, 5.41) is 11.6. The second-order valence-electron chi connectivity index (χ2n) is 9.93. The molecule has 6 atom stereocenters. The number of methoxy groups -OCH3 is 1. The summed E-state index contributed by atoms with van der Waals surface area (Å²) in [6.45, 7) is 2.22. The first-order valence-electron chi connectivity index (χ1n) is 11.2. The average molecular weight is 393 g/mol. The van der Waals surface area contributed by atoms with Crippen molar-refractivity contribution in [3.05, 3.63) is 59.2 Å². The highest BCUT2D eigenvalue weighted by Gasteiger charge is 2.55. The van der Waals surface area contributed by atoms with Gasteiger partial charge < -0.3 is 9.84 Å². The molecule has 0 radical (unpaired) electrons. The van der Waals surface area contributed by atoms with Gasteiger partial charge in [-0.25, -0.2) is 0 Å². The third kappa shape index (κ3) is 2.97. The van der Waals surface area contributed by atoms with Gasteiger partial charge in [-0.15, -0.1) is 0 Å². The van der Waals surface area contributed by atoms with Crippen LogP contribution in [0.4, 0.5) is 0 Å². The number of allylic oxidation sites excluding steroid dienone is 2. The van der Waals surface area contributed by atoms with Gasteiger partial charge in [-0.05, 0) is 78.7 Å². The van der Waals surface area contributed by atoms with Gasteiger partial charge in [-0.1, -0.05) is 37.3 Å². The summed E-state index contributed by atoms with van der Waals surface area (Å²) in [5.41, 5.74) is 2.73. The van der Waals surface area contributed by atoms with E-state index in [4.69, 9.17) is 4.74 Å². The minimum Gasteiger partial charge on any atom is -0.382 e. The normalized spacial score (nSPS) is 41.1. The lowest BCUT2D eigenvalue weighted by molar-refractivity contribution is -0.129. The Labute approximate surface area is 173 Å². The van der Waals surface area contributed by atoms with Crippen molar-refractivity contribution in [1.29, 1.82) is 0 Å². The molecule has 2 unspecified atom stereocenters. The first-order chi connectivity index (χ1) is 13.9. The van der Waals surface area contributed by atoms with E-state index in [2.05, 4.69) is 31.2 Å². The van der Waals surface area contributed by atoms with Crippen LogP contribution in [0, 0.1) is 23.2 Å². The fraction of sp³-hybridized carbons (Fsp3) is 0.577. The zero-order valence-electron chi connectivity index (χ0n) is 17.6. The maximum atomic E-state index is 12.6. The van der Waals surface area contributed by atoms with Crippen LogP contribution in [0.15, 0.2) is 53.6 Å². The molecule has 4 aliphatic rings. The number of hydrogen-bond donors (Lipinski definition) is 1. The SMILES string of the molecule is COC1C=C2C(=CC1(O)Cc1ccccc1)CC[C@@H]1[C@@H]2CC[C@]2(C)C(=O)CC[C@@H]12. The summed E-state index contributed by atoms with van der Waals surface area (Å²) in [4.78, 5) is 12.6. The van der Waals surface area contributed by atoms with E-state index in [1.165, 1.54) is 11.1 Å². The molecule has 1 N–H and O–H groups in total. The highest BCUT2D eigenvalue weighted by molar-refractivity contribution is 5.87. The molecule has 0 spiro atoms. The number of benzene rings is 1. The van der Waals surface area contributed by atoms with Crippen LogP contribution in [-0.2, 0) is 16.0 Å². The van der Waals surface area contributed by atoms with Crippen molar-refractivity contribution < 1.29 is 14.6 Å². The molecule has 0 aliphatic heterocycles. The lowest BCUT2D eigenvalue weighted by atomic mass is 9.54. The van der Waals surface area contributed by atoms with Crippen molar-refractivity contribution in [2.45, 2.75) is 63.6 Å². The van der Waals surface area contributed by atoms with Gasteiger partial charge in [0.15, 0.2) is 0 Å². The number of carbonyl (C=O) groups excluding carboxylic acids is 1. The number of Topliss-reactive ketones (excluding diaryl/α,β-unsaturated/α-hetero) is 1. The molecule has 154 valence electrons. The minimum atomic E-state index is -1.01. The number of aliphatic hydroxyl groups is 1. The Morgan fingerprint density at radius 1 is 1.14 bits per heavy atom. The maximum absolute atomic E-state index is 12.6. The Bertz CT molecular complexity index is 869. The second-order valence-corrected chi connectivity index (χ2v) is 9.93. The van der Waals surface area contributed by atoms with Gasteiger partial charge in [0, 0.05) is 25.4 Å². The van der Waals surface area contributed by atoms with E-state index in [1.807, 2.05) is 18.2 Å². The van der Waals surface area contributed by atoms with Gasteiger partial charge >= 0.3 is 0 Å². The van der Waals surface area contributed by atoms with Crippen LogP contribution in [0.3, 0.4) is 0 Å². The minimum absolute atomic E-state index is 0.0910. The number of fused-ring (bicyclic) bond motifs is 5. The summed E-state index contributed by atoms with van der Waals surface area (Å²) in [7, 11) is 1.70. The fourth-order valence-electron chi connectivity index (χ4n) is 6.98. The van der Waals surface area contributed by atoms with Crippen molar-refractivity contribution in [3.8, 4) is 0 Å². The highest BCUT2D eigenvalue weighted by atomic mass is 16.5. The van der Waals surface area contributed by atoms with Crippen molar-refractivity contribution in [2.75, 3.05) is 7.11 Å². The molecule has 5 rings (SSSR count). The monoisotopic (exact) mass is 392 g/mol. The Kier molecular flexibility index (Phi) is 4.60. The molecule has 1 aromatic carbocycles. The van der Waals surface area contributed by atoms with Crippen LogP contribution in [0.5, 0.6) is 0 Å². The lowest BCUT2D eigenvalue weighted by Crippen LogP contribution is -2.48. The molecular formula is C26H32O3. The topological polar surface area (TPSA) is 46.5 Å². The van der Waals surface area contributed by atoms with Crippen LogP contribution >= 0.6 is 0 Å². The van der Waals surface area contributed by atoms with Gasteiger partial charge in [0.2, 0.25) is 0 Å². The quantitative estimate of drug-likeness (QED) is 0.815. The largest absolute Gasteiger partial charge is 0.382 e. The highest BCUT2D eigenvalue weighted by Crippen LogP contribution is 2.60. The lowest BCUT2D eigenvalue weighted by Gasteiger charge is -2.51. The van der Waals surface area contributed by atoms with Crippen LogP contribution < -0.4 is 0 Å². The third-order valence-electron chi connectivity index (χ3n) is 8.50. The van der Waals surface area contributed by atoms with E-state index in [-0.39, 0.29) is 11.5 Å². The fourth-order valence-corrected chi connectivity index (χ4v) is 6.98. The molecule has 3 heteroatoms. The summed E-state index contributed by atoms with van der Waals surface area (Å²) < 4.78 is 5.81. The Morgan fingerprint density at radius 3 is 2.69 bits per heavy atom. The van der Waals surface area contributed by atoms with Gasteiger partial charge in [0.25, 0.3) is 0 Å². The first kappa shape index (κ1) is 19.3. The number of rotatable bonds is 3. The molecule has 3 nitrogen and oxygen atoms in total. The average Bonchev–Trinajstić information content (AvgIpc) is 3.02. The van der Waals surface area contributed by atoms with Gasteiger partial charge in [-0.2, -0.15) is 0 Å². The molecule has 3 fully saturated rings. The Balaban J connectivity index is 1.45. The molecule has 0 heterocycles. The number of hydrogen-bond acceptors (Lipinski definition) is 3. The molecule has 0 amide bonds. The molecule has 4 aliphatic carbocycles. The number of ketones is 1. The van der Waals surface area contributed by atoms with E-state index in [1.54, 1.807) is 7.11 Å². The van der Waals surface area contributed by atoms with Crippen molar-refractivity contribution in [1.82, 2.24) is 0 Å². The summed E-state index contributed by atoms with van der Waals surface area (Å²) in [5.74, 6) is 2.13. The molecule has 0 bridgehead atoms. The van der Waals surface area contributed by atoms with Crippen molar-refractivity contribution in [3.63, 3.8) is 0 Å². The van der Waals surface area contributed by atoms with Crippen molar-refractivity contribution in [2.24, 2.45) is 23.2 Å². The Hall–Kier alpha value is -1.71. The predicted octanol–water partition coefficient (Wildman–Crippen LogP) is 4.65. The van der Waals surface area contributed by atoms with Crippen LogP contribution in [0.25, 0.3) is 0 Å². The van der Waals surface area contributed by atoms with Gasteiger partial charge in [-0.3, -0.25) is 4.79 Å². The Morgan fingerprint density at radius 2 is 1.93 bits per heavy atom. The van der Waals surface area contributed by atoms with Crippen LogP contribution in [0.1, 0.15) is 51.0 Å². The summed E-state index contributed by atoms with van der Waals surface area (Å²) in [6.07, 6.45) is 10.6. The van der Waals surface area contributed by atoms with E-state index in [9.17, 15) is 9.90 Å². The molecule has 1 aromatic rings. The molecular weight excluding hydrogens is 360 g/mol. The third-order valence-corrected chi connectivity index (χ3v) is 8.50. The van der Waals surface area contributed by atoms with Crippen molar-refractivity contribution >= 4 is 5.78 Å². The molecule has 3 saturated carbocycles. The summed E-state index contributed by atoms with van der Waals surface area (Å²) >= 11 is 0. The molecule has 0 aromatic heterocycles. The van der Waals surface area contributed by atoms with E-state index in [0.717, 1.165) is 44.1 Å². The van der Waals surface area contributed by atoms with E-state index < -0.39 is 5.60 Å². The van der Waals surface area contributed by atoms with Gasteiger partial charge in [0.05, 0.1) is 0 Å². The smallest absolute Gasteiger partial charge is 0.139 e. The zero-order valence-corrected chi connectivity index (χ0v) is 17.6. The van der Waals surface area contributed by atoms with E-state index in [0.29, 0.717) is 30.0 Å². The molecule has 0 saturated heterocycles. The van der Waals surface area contributed by atoms with E-state index >= 15 is 0 Å². The van der Waals surface area contributed by atoms with Crippen LogP contribution in [0.2, 0.25) is 0 Å². The number of carbonyl (C=O) groups is 1. The number of ether oxygens (including phenoxy) is 1. The molecule has 29 heavy (non-hydrogen) atoms. The van der Waals surface area contributed by atoms with Gasteiger partial charge in [0.1, 0.15) is 17.5 Å². The predicted molar refractivity (Wildman–Crippen MR) is 113 cm³/mol. The second kappa shape index (κ2) is 6.92.